The molecule has 114 valence electrons. The van der Waals surface area contributed by atoms with E-state index in [4.69, 9.17) is 0 Å². The average molecular weight is 311 g/mol. The number of hydrogen-bond acceptors (Lipinski definition) is 4. The zero-order valence-electron chi connectivity index (χ0n) is 11.8. The Morgan fingerprint density at radius 3 is 2.43 bits per heavy atom. The molecule has 2 aromatic rings. The van der Waals surface area contributed by atoms with Crippen LogP contribution in [0.4, 0.5) is 0 Å². The topological polar surface area (TPSA) is 112 Å². The van der Waals surface area contributed by atoms with Crippen LogP contribution in [0.1, 0.15) is 26.7 Å². The van der Waals surface area contributed by atoms with Crippen molar-refractivity contribution in [1.29, 1.82) is 0 Å². The van der Waals surface area contributed by atoms with E-state index in [1.54, 1.807) is 0 Å². The van der Waals surface area contributed by atoms with E-state index in [1.165, 1.54) is 18.2 Å². The third-order valence-corrected chi connectivity index (χ3v) is 4.85. The van der Waals surface area contributed by atoms with Gasteiger partial charge in [0, 0.05) is 6.04 Å². The van der Waals surface area contributed by atoms with Gasteiger partial charge in [0.2, 0.25) is 10.0 Å². The van der Waals surface area contributed by atoms with Gasteiger partial charge in [0.1, 0.15) is 0 Å². The van der Waals surface area contributed by atoms with E-state index in [0.717, 1.165) is 0 Å². The summed E-state index contributed by atoms with van der Waals surface area (Å²) in [4.78, 5) is 27.4. The molecule has 2 rings (SSSR count). The molecule has 0 aliphatic heterocycles. The van der Waals surface area contributed by atoms with Crippen LogP contribution in [0.15, 0.2) is 32.7 Å². The second-order valence-corrected chi connectivity index (χ2v) is 6.46. The molecule has 0 unspecified atom stereocenters. The molecular formula is C13H17N3O4S. The van der Waals surface area contributed by atoms with Gasteiger partial charge in [-0.1, -0.05) is 13.8 Å². The van der Waals surface area contributed by atoms with Crippen molar-refractivity contribution in [1.82, 2.24) is 14.7 Å². The van der Waals surface area contributed by atoms with Gasteiger partial charge in [-0.25, -0.2) is 17.9 Å². The Hall–Kier alpha value is -1.93. The van der Waals surface area contributed by atoms with Gasteiger partial charge in [0.05, 0.1) is 15.8 Å². The third kappa shape index (κ3) is 3.22. The minimum absolute atomic E-state index is 0.000510. The van der Waals surface area contributed by atoms with Crippen molar-refractivity contribution in [3.63, 3.8) is 0 Å². The van der Waals surface area contributed by atoms with Gasteiger partial charge in [0.15, 0.2) is 0 Å². The van der Waals surface area contributed by atoms with E-state index < -0.39 is 21.3 Å². The van der Waals surface area contributed by atoms with Crippen LogP contribution >= 0.6 is 0 Å². The van der Waals surface area contributed by atoms with E-state index in [2.05, 4.69) is 14.7 Å². The molecular weight excluding hydrogens is 294 g/mol. The lowest BCUT2D eigenvalue weighted by atomic mass is 10.2. The predicted octanol–water partition coefficient (Wildman–Crippen LogP) is 0.683. The molecule has 8 heteroatoms. The number of sulfonamides is 1. The molecule has 0 amide bonds. The molecule has 0 aliphatic rings. The fraction of sp³-hybridized carbons (Fsp3) is 0.385. The van der Waals surface area contributed by atoms with Crippen LogP contribution in [-0.4, -0.2) is 24.4 Å². The zero-order chi connectivity index (χ0) is 15.6. The molecule has 0 atom stereocenters. The van der Waals surface area contributed by atoms with E-state index in [-0.39, 0.29) is 16.3 Å². The molecule has 0 aliphatic carbocycles. The Balaban J connectivity index is 2.52. The monoisotopic (exact) mass is 311 g/mol. The second kappa shape index (κ2) is 5.82. The number of nitrogens with one attached hydrogen (secondary N) is 3. The number of hydrogen-bond donors (Lipinski definition) is 3. The number of aromatic nitrogens is 2. The average Bonchev–Trinajstić information content (AvgIpc) is 2.44. The summed E-state index contributed by atoms with van der Waals surface area (Å²) < 4.78 is 27.2. The third-order valence-electron chi connectivity index (χ3n) is 3.33. The fourth-order valence-corrected chi connectivity index (χ4v) is 3.48. The van der Waals surface area contributed by atoms with Gasteiger partial charge in [-0.15, -0.1) is 0 Å². The molecule has 0 saturated carbocycles. The standard InChI is InChI=1S/C13H17N3O4S/c1-3-8(4-2)16-21(19,20)9-5-6-11-10(7-9)12(17)15-13(18)14-11/h5-8,16H,3-4H2,1-2H3,(H2,14,15,17,18). The first-order chi connectivity index (χ1) is 9.87. The van der Waals surface area contributed by atoms with E-state index in [1.807, 2.05) is 13.8 Å². The van der Waals surface area contributed by atoms with Crippen LogP contribution in [0.3, 0.4) is 0 Å². The lowest BCUT2D eigenvalue weighted by Crippen LogP contribution is -2.34. The normalized spacial score (nSPS) is 12.1. The molecule has 0 bridgehead atoms. The number of benzene rings is 1. The van der Waals surface area contributed by atoms with Gasteiger partial charge in [-0.05, 0) is 31.0 Å². The van der Waals surface area contributed by atoms with Crippen molar-refractivity contribution in [3.8, 4) is 0 Å². The molecule has 7 nitrogen and oxygen atoms in total. The number of aromatic amines is 2. The first-order valence-corrected chi connectivity index (χ1v) is 8.14. The van der Waals surface area contributed by atoms with Gasteiger partial charge in [0.25, 0.3) is 5.56 Å². The molecule has 0 saturated heterocycles. The van der Waals surface area contributed by atoms with Gasteiger partial charge in [-0.2, -0.15) is 0 Å². The maximum absolute atomic E-state index is 12.3. The van der Waals surface area contributed by atoms with Crippen molar-refractivity contribution < 1.29 is 8.42 Å². The Kier molecular flexibility index (Phi) is 4.29. The van der Waals surface area contributed by atoms with E-state index >= 15 is 0 Å². The van der Waals surface area contributed by atoms with Crippen molar-refractivity contribution in [3.05, 3.63) is 39.0 Å². The van der Waals surface area contributed by atoms with Gasteiger partial charge >= 0.3 is 5.69 Å². The smallest absolute Gasteiger partial charge is 0.307 e. The Labute approximate surface area is 121 Å². The second-order valence-electron chi connectivity index (χ2n) is 4.75. The quantitative estimate of drug-likeness (QED) is 0.754. The molecule has 21 heavy (non-hydrogen) atoms. The summed E-state index contributed by atoms with van der Waals surface area (Å²) in [5.74, 6) is 0. The fourth-order valence-electron chi connectivity index (χ4n) is 2.05. The molecule has 1 heterocycles. The molecule has 1 aromatic carbocycles. The summed E-state index contributed by atoms with van der Waals surface area (Å²) >= 11 is 0. The highest BCUT2D eigenvalue weighted by molar-refractivity contribution is 7.89. The molecule has 0 fully saturated rings. The molecule has 0 spiro atoms. The first kappa shape index (κ1) is 15.5. The van der Waals surface area contributed by atoms with Crippen LogP contribution in [-0.2, 0) is 10.0 Å². The minimum atomic E-state index is -3.70. The number of rotatable bonds is 5. The first-order valence-electron chi connectivity index (χ1n) is 6.66. The van der Waals surface area contributed by atoms with E-state index in [0.29, 0.717) is 18.4 Å². The molecule has 3 N–H and O–H groups in total. The van der Waals surface area contributed by atoms with E-state index in [9.17, 15) is 18.0 Å². The summed E-state index contributed by atoms with van der Waals surface area (Å²) in [5, 5.41) is 0.127. The van der Waals surface area contributed by atoms with Crippen LogP contribution in [0, 0.1) is 0 Å². The number of fused-ring (bicyclic) bond motifs is 1. The lowest BCUT2D eigenvalue weighted by Gasteiger charge is -2.15. The highest BCUT2D eigenvalue weighted by Crippen LogP contribution is 2.15. The van der Waals surface area contributed by atoms with Crippen LogP contribution in [0.2, 0.25) is 0 Å². The SMILES string of the molecule is CCC(CC)NS(=O)(=O)c1ccc2[nH]c(=O)[nH]c(=O)c2c1. The predicted molar refractivity (Wildman–Crippen MR) is 79.9 cm³/mol. The summed E-state index contributed by atoms with van der Waals surface area (Å²) in [7, 11) is -3.70. The largest absolute Gasteiger partial charge is 0.326 e. The lowest BCUT2D eigenvalue weighted by molar-refractivity contribution is 0.530. The highest BCUT2D eigenvalue weighted by atomic mass is 32.2. The van der Waals surface area contributed by atoms with Gasteiger partial charge in [-0.3, -0.25) is 9.78 Å². The van der Waals surface area contributed by atoms with Crippen LogP contribution < -0.4 is 16.0 Å². The van der Waals surface area contributed by atoms with Crippen molar-refractivity contribution in [2.24, 2.45) is 0 Å². The zero-order valence-corrected chi connectivity index (χ0v) is 12.6. The van der Waals surface area contributed by atoms with Gasteiger partial charge < -0.3 is 4.98 Å². The Morgan fingerprint density at radius 2 is 1.81 bits per heavy atom. The van der Waals surface area contributed by atoms with Crippen LogP contribution in [0.25, 0.3) is 10.9 Å². The van der Waals surface area contributed by atoms with Crippen molar-refractivity contribution in [2.75, 3.05) is 0 Å². The summed E-state index contributed by atoms with van der Waals surface area (Å²) in [6.45, 7) is 3.79. The van der Waals surface area contributed by atoms with Crippen molar-refractivity contribution in [2.45, 2.75) is 37.6 Å². The number of H-pyrrole nitrogens is 2. The minimum Gasteiger partial charge on any atom is -0.307 e. The summed E-state index contributed by atoms with van der Waals surface area (Å²) in [5.41, 5.74) is -0.947. The van der Waals surface area contributed by atoms with Crippen molar-refractivity contribution >= 4 is 20.9 Å². The van der Waals surface area contributed by atoms with Crippen LogP contribution in [0.5, 0.6) is 0 Å². The summed E-state index contributed by atoms with van der Waals surface area (Å²) in [6.07, 6.45) is 1.36. The molecule has 0 radical (unpaired) electrons. The Morgan fingerprint density at radius 1 is 1.14 bits per heavy atom. The molecule has 1 aromatic heterocycles. The maximum atomic E-state index is 12.3. The maximum Gasteiger partial charge on any atom is 0.326 e. The summed E-state index contributed by atoms with van der Waals surface area (Å²) in [6, 6.07) is 3.88. The highest BCUT2D eigenvalue weighted by Gasteiger charge is 2.18. The Bertz CT molecular complexity index is 863.